The molecule has 9 nitrogen and oxygen atoms in total. The van der Waals surface area contributed by atoms with E-state index in [0.717, 1.165) is 49.5 Å². The number of benzene rings is 1. The van der Waals surface area contributed by atoms with Crippen LogP contribution in [0.3, 0.4) is 0 Å². The van der Waals surface area contributed by atoms with Crippen LogP contribution in [0, 0.1) is 0 Å². The summed E-state index contributed by atoms with van der Waals surface area (Å²) in [5.41, 5.74) is 1.46. The highest BCUT2D eigenvalue weighted by atomic mass is 35.5. The van der Waals surface area contributed by atoms with Gasteiger partial charge in [-0.3, -0.25) is 24.6 Å². The van der Waals surface area contributed by atoms with Gasteiger partial charge in [-0.05, 0) is 49.4 Å². The molecule has 0 radical (unpaired) electrons. The third-order valence-corrected chi connectivity index (χ3v) is 8.03. The third-order valence-electron chi connectivity index (χ3n) is 7.83. The molecule has 1 aromatic heterocycles. The maximum atomic E-state index is 13.0. The minimum absolute atomic E-state index is 0.0761. The predicted molar refractivity (Wildman–Crippen MR) is 131 cm³/mol. The second-order valence-corrected chi connectivity index (χ2v) is 10.6. The first kappa shape index (κ1) is 23.4. The molecule has 36 heavy (non-hydrogen) atoms. The minimum Gasteiger partial charge on any atom is -0.489 e. The summed E-state index contributed by atoms with van der Waals surface area (Å²) in [4.78, 5) is 49.6. The normalized spacial score (nSPS) is 27.0. The lowest BCUT2D eigenvalue weighted by Gasteiger charge is -2.47. The molecule has 0 spiro atoms. The number of imide groups is 1. The molecule has 2 saturated heterocycles. The predicted octanol–water partition coefficient (Wildman–Crippen LogP) is 2.68. The van der Waals surface area contributed by atoms with E-state index in [1.165, 1.54) is 6.42 Å². The van der Waals surface area contributed by atoms with E-state index in [9.17, 15) is 14.4 Å². The molecule has 3 aliphatic heterocycles. The fourth-order valence-corrected chi connectivity index (χ4v) is 6.01. The highest BCUT2D eigenvalue weighted by Crippen LogP contribution is 2.36. The van der Waals surface area contributed by atoms with Crippen molar-refractivity contribution in [1.29, 1.82) is 0 Å². The summed E-state index contributed by atoms with van der Waals surface area (Å²) < 4.78 is 6.51. The van der Waals surface area contributed by atoms with Gasteiger partial charge in [0.1, 0.15) is 23.7 Å². The molecule has 0 bridgehead atoms. The third kappa shape index (κ3) is 4.35. The van der Waals surface area contributed by atoms with Gasteiger partial charge in [-0.25, -0.2) is 9.97 Å². The van der Waals surface area contributed by atoms with Crippen molar-refractivity contribution in [2.75, 3.05) is 13.1 Å². The van der Waals surface area contributed by atoms with Gasteiger partial charge in [0.25, 0.3) is 5.91 Å². The van der Waals surface area contributed by atoms with Crippen LogP contribution in [0.25, 0.3) is 0 Å². The van der Waals surface area contributed by atoms with E-state index in [2.05, 4.69) is 20.2 Å². The quantitative estimate of drug-likeness (QED) is 0.618. The van der Waals surface area contributed by atoms with E-state index in [1.54, 1.807) is 23.4 Å². The van der Waals surface area contributed by atoms with Crippen LogP contribution in [0.4, 0.5) is 0 Å². The lowest BCUT2D eigenvalue weighted by atomic mass is 9.86. The van der Waals surface area contributed by atoms with Gasteiger partial charge in [-0.2, -0.15) is 0 Å². The smallest absolute Gasteiger partial charge is 0.255 e. The highest BCUT2D eigenvalue weighted by molar-refractivity contribution is 6.30. The number of carbonyl (C=O) groups is 3. The van der Waals surface area contributed by atoms with Crippen molar-refractivity contribution in [2.24, 2.45) is 0 Å². The molecule has 3 amide bonds. The molecule has 1 aromatic carbocycles. The Balaban J connectivity index is 1.11. The van der Waals surface area contributed by atoms with Crippen LogP contribution in [0.5, 0.6) is 5.75 Å². The van der Waals surface area contributed by atoms with Gasteiger partial charge in [-0.15, -0.1) is 0 Å². The average molecular weight is 510 g/mol. The molecule has 0 unspecified atom stereocenters. The molecule has 4 heterocycles. The van der Waals surface area contributed by atoms with Crippen molar-refractivity contribution >= 4 is 29.3 Å². The van der Waals surface area contributed by atoms with E-state index >= 15 is 0 Å². The molecule has 3 fully saturated rings. The van der Waals surface area contributed by atoms with E-state index in [1.807, 2.05) is 12.1 Å². The number of nitrogens with zero attached hydrogens (tertiary/aromatic N) is 4. The molecule has 188 valence electrons. The van der Waals surface area contributed by atoms with Gasteiger partial charge in [-0.1, -0.05) is 18.0 Å². The number of aromatic nitrogens is 2. The molecule has 1 aliphatic carbocycles. The van der Waals surface area contributed by atoms with E-state index in [4.69, 9.17) is 16.3 Å². The molecule has 1 saturated carbocycles. The first-order valence-electron chi connectivity index (χ1n) is 12.6. The molecule has 1 N–H and O–H groups in total. The summed E-state index contributed by atoms with van der Waals surface area (Å²) in [7, 11) is 0. The zero-order chi connectivity index (χ0) is 24.8. The number of hydrogen-bond donors (Lipinski definition) is 1. The summed E-state index contributed by atoms with van der Waals surface area (Å²) in [6.07, 6.45) is 8.37. The van der Waals surface area contributed by atoms with E-state index < -0.39 is 11.9 Å². The van der Waals surface area contributed by atoms with Crippen LogP contribution < -0.4 is 10.1 Å². The zero-order valence-corrected chi connectivity index (χ0v) is 20.6. The number of ether oxygens (including phenoxy) is 1. The number of rotatable bonds is 5. The summed E-state index contributed by atoms with van der Waals surface area (Å²) in [5, 5.41) is 2.89. The maximum Gasteiger partial charge on any atom is 0.255 e. The van der Waals surface area contributed by atoms with Gasteiger partial charge in [0, 0.05) is 56.0 Å². The Morgan fingerprint density at radius 1 is 1.03 bits per heavy atom. The monoisotopic (exact) mass is 509 g/mol. The summed E-state index contributed by atoms with van der Waals surface area (Å²) in [5.74, 6) is 1.05. The maximum absolute atomic E-state index is 13.0. The van der Waals surface area contributed by atoms with Crippen molar-refractivity contribution in [2.45, 2.75) is 69.2 Å². The number of halogens is 1. The number of nitrogens with one attached hydrogen (secondary N) is 1. The molecular formula is C26H28ClN5O4. The molecule has 4 aliphatic rings. The SMILES string of the molecule is O=C1CC[C@H](N2Cc3cc(O[C@@H]4CCCC[C@@H]4N4CC(c5ncc(Cl)cn5)C4)ccc3C2=O)C(=O)N1. The lowest BCUT2D eigenvalue weighted by molar-refractivity contribution is -0.136. The number of piperidine rings is 1. The van der Waals surface area contributed by atoms with Crippen LogP contribution in [0.2, 0.25) is 5.02 Å². The van der Waals surface area contributed by atoms with Crippen LogP contribution in [-0.4, -0.2) is 68.8 Å². The van der Waals surface area contributed by atoms with Crippen molar-refractivity contribution in [3.05, 3.63) is 52.6 Å². The lowest BCUT2D eigenvalue weighted by Crippen LogP contribution is -2.57. The van der Waals surface area contributed by atoms with Crippen LogP contribution in [-0.2, 0) is 16.1 Å². The summed E-state index contributed by atoms with van der Waals surface area (Å²) >= 11 is 5.92. The van der Waals surface area contributed by atoms with E-state index in [-0.39, 0.29) is 24.3 Å². The van der Waals surface area contributed by atoms with Crippen LogP contribution >= 0.6 is 11.6 Å². The number of amides is 3. The number of hydrogen-bond acceptors (Lipinski definition) is 7. The summed E-state index contributed by atoms with van der Waals surface area (Å²) in [6.45, 7) is 2.16. The van der Waals surface area contributed by atoms with Gasteiger partial charge >= 0.3 is 0 Å². The molecular weight excluding hydrogens is 482 g/mol. The Labute approximate surface area is 214 Å². The molecule has 2 aromatic rings. The van der Waals surface area contributed by atoms with Crippen molar-refractivity contribution in [3.8, 4) is 5.75 Å². The van der Waals surface area contributed by atoms with E-state index in [0.29, 0.717) is 35.5 Å². The second kappa shape index (κ2) is 9.44. The molecule has 10 heteroatoms. The second-order valence-electron chi connectivity index (χ2n) is 10.1. The van der Waals surface area contributed by atoms with Gasteiger partial charge in [0.05, 0.1) is 5.02 Å². The fourth-order valence-electron chi connectivity index (χ4n) is 5.91. The van der Waals surface area contributed by atoms with Crippen molar-refractivity contribution in [1.82, 2.24) is 25.1 Å². The Morgan fingerprint density at radius 3 is 2.58 bits per heavy atom. The highest BCUT2D eigenvalue weighted by Gasteiger charge is 2.41. The van der Waals surface area contributed by atoms with Crippen molar-refractivity contribution in [3.63, 3.8) is 0 Å². The molecule has 3 atom stereocenters. The largest absolute Gasteiger partial charge is 0.489 e. The number of carbonyl (C=O) groups excluding carboxylic acids is 3. The average Bonchev–Trinajstić information content (AvgIpc) is 3.16. The molecule has 6 rings (SSSR count). The van der Waals surface area contributed by atoms with Gasteiger partial charge in [0.2, 0.25) is 11.8 Å². The van der Waals surface area contributed by atoms with Crippen LogP contribution in [0.15, 0.2) is 30.6 Å². The summed E-state index contributed by atoms with van der Waals surface area (Å²) in [6, 6.07) is 5.31. The Hall–Kier alpha value is -3.04. The van der Waals surface area contributed by atoms with Crippen molar-refractivity contribution < 1.29 is 19.1 Å². The van der Waals surface area contributed by atoms with Gasteiger partial charge in [0.15, 0.2) is 0 Å². The standard InChI is InChI=1S/C26H28ClN5O4/c27-17-10-28-24(29-11-17)16-12-31(13-16)20-3-1-2-4-22(20)36-18-5-6-19-15(9-18)14-32(26(19)35)21-7-8-23(33)30-25(21)34/h5-6,9-11,16,20-22H,1-4,7-8,12-14H2,(H,30,33,34)/t20-,21-,22+/m0/s1. The topological polar surface area (TPSA) is 105 Å². The number of fused-ring (bicyclic) bond motifs is 1. The fraction of sp³-hybridized carbons (Fsp3) is 0.500. The minimum atomic E-state index is -0.612. The number of likely N-dealkylation sites (tertiary alicyclic amines) is 1. The zero-order valence-electron chi connectivity index (χ0n) is 19.9. The van der Waals surface area contributed by atoms with Gasteiger partial charge < -0.3 is 9.64 Å². The first-order valence-corrected chi connectivity index (χ1v) is 13.0. The first-order chi connectivity index (χ1) is 17.5. The Morgan fingerprint density at radius 2 is 1.81 bits per heavy atom. The Bertz CT molecular complexity index is 1200. The Kier molecular flexibility index (Phi) is 6.13. The van der Waals surface area contributed by atoms with Crippen LogP contribution in [0.1, 0.15) is 66.2 Å².